The average molecular weight is 376 g/mol. The van der Waals surface area contributed by atoms with E-state index in [4.69, 9.17) is 5.73 Å². The Hall–Kier alpha value is -2.50. The highest BCUT2D eigenvalue weighted by Crippen LogP contribution is 2.32. The molecular formula is C21H23F3N2O. The third-order valence-corrected chi connectivity index (χ3v) is 5.04. The Morgan fingerprint density at radius 2 is 2.04 bits per heavy atom. The Kier molecular flexibility index (Phi) is 5.44. The van der Waals surface area contributed by atoms with Crippen molar-refractivity contribution in [3.63, 3.8) is 0 Å². The van der Waals surface area contributed by atoms with Crippen molar-refractivity contribution in [2.45, 2.75) is 44.8 Å². The minimum absolute atomic E-state index is 0.0780. The van der Waals surface area contributed by atoms with Crippen molar-refractivity contribution in [3.05, 3.63) is 64.7 Å². The monoisotopic (exact) mass is 376 g/mol. The summed E-state index contributed by atoms with van der Waals surface area (Å²) in [5, 5.41) is 3.06. The number of carbonyl (C=O) groups excluding carboxylic acids is 1. The Morgan fingerprint density at radius 1 is 1.26 bits per heavy atom. The normalized spacial score (nSPS) is 17.9. The predicted octanol–water partition coefficient (Wildman–Crippen LogP) is 4.66. The molecule has 0 heterocycles. The summed E-state index contributed by atoms with van der Waals surface area (Å²) in [4.78, 5) is 12.6. The number of amides is 1. The molecule has 2 atom stereocenters. The molecule has 2 aromatic rings. The summed E-state index contributed by atoms with van der Waals surface area (Å²) in [7, 11) is 0. The van der Waals surface area contributed by atoms with Crippen LogP contribution in [0.1, 0.15) is 48.1 Å². The van der Waals surface area contributed by atoms with Crippen molar-refractivity contribution in [2.75, 3.05) is 5.73 Å². The van der Waals surface area contributed by atoms with E-state index in [1.807, 2.05) is 18.2 Å². The lowest BCUT2D eigenvalue weighted by molar-refractivity contribution is -0.137. The van der Waals surface area contributed by atoms with Crippen LogP contribution in [0.3, 0.4) is 0 Å². The molecule has 2 aromatic carbocycles. The maximum Gasteiger partial charge on any atom is 0.416 e. The van der Waals surface area contributed by atoms with Gasteiger partial charge in [-0.2, -0.15) is 13.2 Å². The molecule has 27 heavy (non-hydrogen) atoms. The third kappa shape index (κ3) is 4.62. The predicted molar refractivity (Wildman–Crippen MR) is 99.0 cm³/mol. The topological polar surface area (TPSA) is 55.1 Å². The molecule has 1 amide bonds. The Morgan fingerprint density at radius 3 is 2.78 bits per heavy atom. The van der Waals surface area contributed by atoms with E-state index in [0.717, 1.165) is 42.5 Å². The van der Waals surface area contributed by atoms with Gasteiger partial charge >= 0.3 is 6.18 Å². The first-order valence-electron chi connectivity index (χ1n) is 9.09. The number of benzene rings is 2. The molecule has 3 rings (SSSR count). The van der Waals surface area contributed by atoms with Gasteiger partial charge < -0.3 is 11.1 Å². The molecule has 0 spiro atoms. The van der Waals surface area contributed by atoms with Gasteiger partial charge in [0.1, 0.15) is 0 Å². The molecular weight excluding hydrogens is 353 g/mol. The maximum absolute atomic E-state index is 12.9. The zero-order valence-electron chi connectivity index (χ0n) is 15.1. The highest BCUT2D eigenvalue weighted by Gasteiger charge is 2.30. The van der Waals surface area contributed by atoms with Crippen molar-refractivity contribution in [2.24, 2.45) is 5.92 Å². The van der Waals surface area contributed by atoms with E-state index in [-0.39, 0.29) is 18.4 Å². The van der Waals surface area contributed by atoms with E-state index in [1.165, 1.54) is 6.07 Å². The number of hydrogen-bond acceptors (Lipinski definition) is 2. The highest BCUT2D eigenvalue weighted by molar-refractivity contribution is 5.79. The highest BCUT2D eigenvalue weighted by atomic mass is 19.4. The van der Waals surface area contributed by atoms with Gasteiger partial charge in [0.25, 0.3) is 0 Å². The number of nitrogens with one attached hydrogen (secondary N) is 1. The second kappa shape index (κ2) is 7.62. The quantitative estimate of drug-likeness (QED) is 0.763. The fourth-order valence-corrected chi connectivity index (χ4v) is 3.62. The maximum atomic E-state index is 12.9. The zero-order chi connectivity index (χ0) is 19.6. The van der Waals surface area contributed by atoms with Crippen LogP contribution in [0, 0.1) is 5.92 Å². The SMILES string of the molecule is CC(Cc1cccc(C(F)(F)F)c1)C(=O)NC1CCCc2cc(N)ccc21. The van der Waals surface area contributed by atoms with Crippen LogP contribution in [0.5, 0.6) is 0 Å². The van der Waals surface area contributed by atoms with Crippen molar-refractivity contribution in [1.82, 2.24) is 5.32 Å². The molecule has 0 fully saturated rings. The molecule has 0 saturated heterocycles. The summed E-state index contributed by atoms with van der Waals surface area (Å²) >= 11 is 0. The van der Waals surface area contributed by atoms with Crippen LogP contribution in [-0.2, 0) is 23.8 Å². The van der Waals surface area contributed by atoms with E-state index >= 15 is 0 Å². The first-order chi connectivity index (χ1) is 12.7. The fraction of sp³-hybridized carbons (Fsp3) is 0.381. The van der Waals surface area contributed by atoms with Crippen molar-refractivity contribution in [1.29, 1.82) is 0 Å². The molecule has 3 N–H and O–H groups in total. The number of aryl methyl sites for hydroxylation is 1. The lowest BCUT2D eigenvalue weighted by atomic mass is 9.87. The van der Waals surface area contributed by atoms with Gasteiger partial charge in [0.15, 0.2) is 0 Å². The Balaban J connectivity index is 1.67. The first-order valence-corrected chi connectivity index (χ1v) is 9.09. The summed E-state index contributed by atoms with van der Waals surface area (Å²) in [6.07, 6.45) is -1.37. The second-order valence-corrected chi connectivity index (χ2v) is 7.21. The van der Waals surface area contributed by atoms with Crippen LogP contribution in [-0.4, -0.2) is 5.91 Å². The molecule has 0 aromatic heterocycles. The zero-order valence-corrected chi connectivity index (χ0v) is 15.1. The van der Waals surface area contributed by atoms with E-state index in [9.17, 15) is 18.0 Å². The molecule has 2 unspecified atom stereocenters. The minimum Gasteiger partial charge on any atom is -0.399 e. The lowest BCUT2D eigenvalue weighted by Gasteiger charge is -2.28. The number of alkyl halides is 3. The van der Waals surface area contributed by atoms with Gasteiger partial charge in [0, 0.05) is 11.6 Å². The molecule has 6 heteroatoms. The van der Waals surface area contributed by atoms with Gasteiger partial charge in [-0.3, -0.25) is 4.79 Å². The van der Waals surface area contributed by atoms with Gasteiger partial charge in [-0.05, 0) is 60.6 Å². The van der Waals surface area contributed by atoms with Crippen LogP contribution in [0.15, 0.2) is 42.5 Å². The van der Waals surface area contributed by atoms with Crippen molar-refractivity contribution in [3.8, 4) is 0 Å². The minimum atomic E-state index is -4.38. The summed E-state index contributed by atoms with van der Waals surface area (Å²) < 4.78 is 38.6. The largest absolute Gasteiger partial charge is 0.416 e. The lowest BCUT2D eigenvalue weighted by Crippen LogP contribution is -2.35. The van der Waals surface area contributed by atoms with Gasteiger partial charge in [-0.1, -0.05) is 31.2 Å². The summed E-state index contributed by atoms with van der Waals surface area (Å²) in [6.45, 7) is 1.74. The van der Waals surface area contributed by atoms with Gasteiger partial charge in [0.2, 0.25) is 5.91 Å². The van der Waals surface area contributed by atoms with Crippen molar-refractivity contribution >= 4 is 11.6 Å². The molecule has 3 nitrogen and oxygen atoms in total. The Labute approximate surface area is 156 Å². The number of halogens is 3. The second-order valence-electron chi connectivity index (χ2n) is 7.21. The fourth-order valence-electron chi connectivity index (χ4n) is 3.62. The number of hydrogen-bond donors (Lipinski definition) is 2. The number of nitrogen functional groups attached to an aromatic ring is 1. The van der Waals surface area contributed by atoms with Crippen LogP contribution < -0.4 is 11.1 Å². The summed E-state index contributed by atoms with van der Waals surface area (Å²) in [5.74, 6) is -0.574. The van der Waals surface area contributed by atoms with E-state index in [1.54, 1.807) is 13.0 Å². The molecule has 144 valence electrons. The molecule has 1 aliphatic carbocycles. The standard InChI is InChI=1S/C21H23F3N2O/c1-13(10-14-4-2-6-16(11-14)21(22,23)24)20(27)26-19-7-3-5-15-12-17(25)8-9-18(15)19/h2,4,6,8-9,11-13,19H,3,5,7,10,25H2,1H3,(H,26,27). The van der Waals surface area contributed by atoms with Gasteiger partial charge in [-0.25, -0.2) is 0 Å². The molecule has 1 aliphatic rings. The summed E-state index contributed by atoms with van der Waals surface area (Å²) in [6, 6.07) is 10.8. The van der Waals surface area contributed by atoms with Crippen LogP contribution in [0.2, 0.25) is 0 Å². The molecule has 0 bridgehead atoms. The Bertz CT molecular complexity index is 832. The van der Waals surface area contributed by atoms with Crippen LogP contribution in [0.25, 0.3) is 0 Å². The number of carbonyl (C=O) groups is 1. The van der Waals surface area contributed by atoms with Crippen molar-refractivity contribution < 1.29 is 18.0 Å². The third-order valence-electron chi connectivity index (χ3n) is 5.04. The number of rotatable bonds is 4. The van der Waals surface area contributed by atoms with Crippen LogP contribution in [0.4, 0.5) is 18.9 Å². The molecule has 0 radical (unpaired) electrons. The number of nitrogens with two attached hydrogens (primary N) is 1. The van der Waals surface area contributed by atoms with E-state index in [2.05, 4.69) is 5.32 Å². The van der Waals surface area contributed by atoms with Gasteiger partial charge in [-0.15, -0.1) is 0 Å². The smallest absolute Gasteiger partial charge is 0.399 e. The van der Waals surface area contributed by atoms with E-state index in [0.29, 0.717) is 11.3 Å². The van der Waals surface area contributed by atoms with Gasteiger partial charge in [0.05, 0.1) is 11.6 Å². The number of fused-ring (bicyclic) bond motifs is 1. The molecule has 0 saturated carbocycles. The first kappa shape index (κ1) is 19.3. The van der Waals surface area contributed by atoms with Crippen LogP contribution >= 0.6 is 0 Å². The average Bonchev–Trinajstić information content (AvgIpc) is 2.61. The number of anilines is 1. The molecule has 0 aliphatic heterocycles. The summed E-state index contributed by atoms with van der Waals surface area (Å²) in [5.41, 5.74) is 8.59. The van der Waals surface area contributed by atoms with E-state index < -0.39 is 17.7 Å².